The van der Waals surface area contributed by atoms with Gasteiger partial charge in [0.15, 0.2) is 0 Å². The second kappa shape index (κ2) is 5.94. The third-order valence-corrected chi connectivity index (χ3v) is 4.59. The molecule has 4 heteroatoms. The van der Waals surface area contributed by atoms with Crippen molar-refractivity contribution in [3.63, 3.8) is 0 Å². The van der Waals surface area contributed by atoms with E-state index < -0.39 is 0 Å². The smallest absolute Gasteiger partial charge is 0.200 e. The van der Waals surface area contributed by atoms with Gasteiger partial charge in [-0.15, -0.1) is 0 Å². The monoisotopic (exact) mass is 350 g/mol. The van der Waals surface area contributed by atoms with Crippen LogP contribution in [0.5, 0.6) is 5.75 Å². The summed E-state index contributed by atoms with van der Waals surface area (Å²) in [5.41, 5.74) is 3.77. The topological polar surface area (TPSA) is 39.4 Å². The highest BCUT2D eigenvalue weighted by Crippen LogP contribution is 2.33. The van der Waals surface area contributed by atoms with Crippen molar-refractivity contribution in [1.82, 2.24) is 0 Å². The molecular weight excluding hydrogens is 336 g/mol. The van der Waals surface area contributed by atoms with Crippen LogP contribution >= 0.6 is 11.6 Å². The molecule has 0 unspecified atom stereocenters. The maximum absolute atomic E-state index is 12.9. The summed E-state index contributed by atoms with van der Waals surface area (Å²) >= 11 is 6.03. The molecule has 0 spiro atoms. The van der Waals surface area contributed by atoms with E-state index in [0.717, 1.165) is 22.4 Å². The summed E-state index contributed by atoms with van der Waals surface area (Å²) in [5, 5.41) is 1.59. The van der Waals surface area contributed by atoms with Crippen molar-refractivity contribution in [2.45, 2.75) is 6.92 Å². The standard InChI is InChI=1S/C21H15ClO3/c1-12-9-13(15-5-3-4-6-17(15)24-2)10-19-20(12)21(23)16-11-14(22)7-8-18(16)25-19/h3-11H,1-2H3. The van der Waals surface area contributed by atoms with Crippen LogP contribution in [0.4, 0.5) is 0 Å². The number of rotatable bonds is 2. The quantitative estimate of drug-likeness (QED) is 0.443. The first-order valence-electron chi connectivity index (χ1n) is 7.88. The molecule has 1 aromatic heterocycles. The van der Waals surface area contributed by atoms with E-state index in [0.29, 0.717) is 27.0 Å². The molecule has 0 atom stereocenters. The lowest BCUT2D eigenvalue weighted by Crippen LogP contribution is -2.04. The number of hydrogen-bond acceptors (Lipinski definition) is 3. The molecule has 0 saturated carbocycles. The van der Waals surface area contributed by atoms with E-state index in [2.05, 4.69) is 0 Å². The van der Waals surface area contributed by atoms with Crippen LogP contribution in [0.3, 0.4) is 0 Å². The Bertz CT molecular complexity index is 1180. The maximum atomic E-state index is 12.9. The van der Waals surface area contributed by atoms with Crippen molar-refractivity contribution in [1.29, 1.82) is 0 Å². The van der Waals surface area contributed by atoms with Crippen LogP contribution in [0, 0.1) is 6.92 Å². The average molecular weight is 351 g/mol. The fourth-order valence-corrected chi connectivity index (χ4v) is 3.36. The van der Waals surface area contributed by atoms with Crippen molar-refractivity contribution >= 4 is 33.5 Å². The first-order valence-corrected chi connectivity index (χ1v) is 8.26. The molecule has 25 heavy (non-hydrogen) atoms. The Labute approximate surface area is 149 Å². The SMILES string of the molecule is COc1ccccc1-c1cc(C)c2c(=O)c3cc(Cl)ccc3oc2c1. The van der Waals surface area contributed by atoms with E-state index >= 15 is 0 Å². The predicted molar refractivity (Wildman–Crippen MR) is 102 cm³/mol. The van der Waals surface area contributed by atoms with Gasteiger partial charge in [-0.05, 0) is 48.4 Å². The third kappa shape index (κ3) is 2.57. The van der Waals surface area contributed by atoms with Crippen LogP contribution in [-0.4, -0.2) is 7.11 Å². The predicted octanol–water partition coefficient (Wildman–Crippen LogP) is 5.58. The zero-order chi connectivity index (χ0) is 17.6. The summed E-state index contributed by atoms with van der Waals surface area (Å²) in [6, 6.07) is 16.7. The van der Waals surface area contributed by atoms with Gasteiger partial charge in [-0.2, -0.15) is 0 Å². The van der Waals surface area contributed by atoms with Crippen molar-refractivity contribution in [3.8, 4) is 16.9 Å². The lowest BCUT2D eigenvalue weighted by Gasteiger charge is -2.11. The van der Waals surface area contributed by atoms with Gasteiger partial charge >= 0.3 is 0 Å². The minimum atomic E-state index is -0.0668. The molecule has 0 bridgehead atoms. The fraction of sp³-hybridized carbons (Fsp3) is 0.0952. The Morgan fingerprint density at radius 3 is 2.60 bits per heavy atom. The molecule has 3 nitrogen and oxygen atoms in total. The van der Waals surface area contributed by atoms with Crippen LogP contribution in [0.1, 0.15) is 5.56 Å². The highest BCUT2D eigenvalue weighted by atomic mass is 35.5. The minimum Gasteiger partial charge on any atom is -0.496 e. The Hall–Kier alpha value is -2.78. The average Bonchev–Trinajstić information content (AvgIpc) is 2.62. The van der Waals surface area contributed by atoms with E-state index in [1.807, 2.05) is 43.3 Å². The number of benzene rings is 3. The summed E-state index contributed by atoms with van der Waals surface area (Å²) < 4.78 is 11.5. The Balaban J connectivity index is 2.07. The van der Waals surface area contributed by atoms with Crippen molar-refractivity contribution in [2.75, 3.05) is 7.11 Å². The molecule has 0 aliphatic carbocycles. The Kier molecular flexibility index (Phi) is 3.74. The number of para-hydroxylation sites is 1. The first-order chi connectivity index (χ1) is 12.1. The second-order valence-corrected chi connectivity index (χ2v) is 6.37. The van der Waals surface area contributed by atoms with Gasteiger partial charge in [0.05, 0.1) is 17.9 Å². The summed E-state index contributed by atoms with van der Waals surface area (Å²) in [7, 11) is 1.64. The van der Waals surface area contributed by atoms with Gasteiger partial charge in [0.1, 0.15) is 16.9 Å². The van der Waals surface area contributed by atoms with Crippen LogP contribution in [-0.2, 0) is 0 Å². The highest BCUT2D eigenvalue weighted by molar-refractivity contribution is 6.31. The second-order valence-electron chi connectivity index (χ2n) is 5.94. The fourth-order valence-electron chi connectivity index (χ4n) is 3.19. The van der Waals surface area contributed by atoms with Gasteiger partial charge in [0.25, 0.3) is 0 Å². The van der Waals surface area contributed by atoms with Gasteiger partial charge in [0, 0.05) is 10.6 Å². The molecule has 124 valence electrons. The molecular formula is C21H15ClO3. The molecule has 0 N–H and O–H groups in total. The molecule has 0 fully saturated rings. The van der Waals surface area contributed by atoms with Crippen LogP contribution < -0.4 is 10.2 Å². The first kappa shape index (κ1) is 15.7. The molecule has 0 aliphatic heterocycles. The minimum absolute atomic E-state index is 0.0668. The van der Waals surface area contributed by atoms with Crippen molar-refractivity contribution < 1.29 is 9.15 Å². The zero-order valence-corrected chi connectivity index (χ0v) is 14.6. The summed E-state index contributed by atoms with van der Waals surface area (Å²) in [4.78, 5) is 12.9. The van der Waals surface area contributed by atoms with Gasteiger partial charge in [-0.25, -0.2) is 0 Å². The van der Waals surface area contributed by atoms with Gasteiger partial charge in [-0.3, -0.25) is 4.79 Å². The van der Waals surface area contributed by atoms with Crippen molar-refractivity contribution in [3.05, 3.63) is 75.4 Å². The van der Waals surface area contributed by atoms with Gasteiger partial charge < -0.3 is 9.15 Å². The number of aryl methyl sites for hydroxylation is 1. The normalized spacial score (nSPS) is 11.2. The number of methoxy groups -OCH3 is 1. The molecule has 4 aromatic rings. The number of halogens is 1. The summed E-state index contributed by atoms with van der Waals surface area (Å²) in [5.74, 6) is 0.774. The van der Waals surface area contributed by atoms with E-state index in [-0.39, 0.29) is 5.43 Å². The van der Waals surface area contributed by atoms with E-state index in [1.165, 1.54) is 0 Å². The lowest BCUT2D eigenvalue weighted by molar-refractivity contribution is 0.416. The Morgan fingerprint density at radius 2 is 1.80 bits per heavy atom. The summed E-state index contributed by atoms with van der Waals surface area (Å²) in [6.07, 6.45) is 0. The van der Waals surface area contributed by atoms with Crippen LogP contribution in [0.25, 0.3) is 33.1 Å². The molecule has 0 saturated heterocycles. The van der Waals surface area contributed by atoms with Gasteiger partial charge in [-0.1, -0.05) is 35.9 Å². The largest absolute Gasteiger partial charge is 0.496 e. The van der Waals surface area contributed by atoms with Gasteiger partial charge in [0.2, 0.25) is 5.43 Å². The molecule has 0 aliphatic rings. The molecule has 0 amide bonds. The zero-order valence-electron chi connectivity index (χ0n) is 13.8. The van der Waals surface area contributed by atoms with Crippen molar-refractivity contribution in [2.24, 2.45) is 0 Å². The van der Waals surface area contributed by atoms with E-state index in [1.54, 1.807) is 25.3 Å². The van der Waals surface area contributed by atoms with Crippen LogP contribution in [0.2, 0.25) is 5.02 Å². The Morgan fingerprint density at radius 1 is 1.00 bits per heavy atom. The maximum Gasteiger partial charge on any atom is 0.200 e. The lowest BCUT2D eigenvalue weighted by atomic mass is 9.99. The van der Waals surface area contributed by atoms with E-state index in [4.69, 9.17) is 20.8 Å². The molecule has 0 radical (unpaired) electrons. The summed E-state index contributed by atoms with van der Waals surface area (Å²) in [6.45, 7) is 1.91. The van der Waals surface area contributed by atoms with E-state index in [9.17, 15) is 4.79 Å². The molecule has 4 rings (SSSR count). The molecule has 1 heterocycles. The number of ether oxygens (including phenoxy) is 1. The number of hydrogen-bond donors (Lipinski definition) is 0. The third-order valence-electron chi connectivity index (χ3n) is 4.35. The highest BCUT2D eigenvalue weighted by Gasteiger charge is 2.14. The number of fused-ring (bicyclic) bond motifs is 2. The van der Waals surface area contributed by atoms with Crippen LogP contribution in [0.15, 0.2) is 63.8 Å². The molecule has 3 aromatic carbocycles.